The van der Waals surface area contributed by atoms with Gasteiger partial charge in [-0.05, 0) is 42.0 Å². The second-order valence-corrected chi connectivity index (χ2v) is 7.96. The monoisotopic (exact) mass is 481 g/mol. The van der Waals surface area contributed by atoms with Gasteiger partial charge in [-0.2, -0.15) is 0 Å². The van der Waals surface area contributed by atoms with Crippen molar-refractivity contribution in [3.8, 4) is 11.1 Å². The Hall–Kier alpha value is -3.35. The molecule has 0 spiro atoms. The number of rotatable bonds is 11. The first-order valence-electron chi connectivity index (χ1n) is 11.2. The molecule has 0 bridgehead atoms. The zero-order valence-corrected chi connectivity index (χ0v) is 20.1. The molecule has 0 heterocycles. The smallest absolute Gasteiger partial charge is 0.407 e. The molecule has 0 saturated heterocycles. The number of halogens is 1. The van der Waals surface area contributed by atoms with Crippen molar-refractivity contribution in [3.05, 3.63) is 96.1 Å². The number of primary amides is 1. The standard InChI is InChI=1S/C27H31N3O3.ClH/c1-20(22-14-16-24(17-15-22)23-11-6-3-7-12-23)30-25(26(28)31)13-8-18-29-27(32)33-19-21-9-4-2-5-10-21;/h2-7,9-12,14-17,20,25,30H,8,13,18-19H2,1H3,(H2,28,31)(H,29,32);1H/t20-,25-;/m1./s1. The van der Waals surface area contributed by atoms with E-state index in [2.05, 4.69) is 47.0 Å². The van der Waals surface area contributed by atoms with Crippen molar-refractivity contribution in [1.29, 1.82) is 0 Å². The highest BCUT2D eigenvalue weighted by molar-refractivity contribution is 5.85. The van der Waals surface area contributed by atoms with Crippen LogP contribution in [0.3, 0.4) is 0 Å². The van der Waals surface area contributed by atoms with Crippen molar-refractivity contribution >= 4 is 24.4 Å². The summed E-state index contributed by atoms with van der Waals surface area (Å²) in [6.45, 7) is 2.63. The molecule has 4 N–H and O–H groups in total. The van der Waals surface area contributed by atoms with E-state index in [-0.39, 0.29) is 25.1 Å². The third kappa shape index (κ3) is 8.54. The molecule has 3 rings (SSSR count). The lowest BCUT2D eigenvalue weighted by atomic mass is 10.0. The number of hydrogen-bond acceptors (Lipinski definition) is 4. The molecule has 0 aliphatic heterocycles. The van der Waals surface area contributed by atoms with Crippen molar-refractivity contribution in [2.24, 2.45) is 5.73 Å². The molecule has 0 fully saturated rings. The van der Waals surface area contributed by atoms with Crippen LogP contribution >= 0.6 is 12.4 Å². The van der Waals surface area contributed by atoms with E-state index in [9.17, 15) is 9.59 Å². The van der Waals surface area contributed by atoms with Crippen molar-refractivity contribution in [3.63, 3.8) is 0 Å². The Labute approximate surface area is 207 Å². The summed E-state index contributed by atoms with van der Waals surface area (Å²) in [5.74, 6) is -0.408. The lowest BCUT2D eigenvalue weighted by molar-refractivity contribution is -0.120. The normalized spacial score (nSPS) is 12.1. The molecule has 0 aromatic heterocycles. The molecule has 0 radical (unpaired) electrons. The van der Waals surface area contributed by atoms with Crippen molar-refractivity contribution in [1.82, 2.24) is 10.6 Å². The van der Waals surface area contributed by atoms with Gasteiger partial charge >= 0.3 is 6.09 Å². The Bertz CT molecular complexity index is 1010. The van der Waals surface area contributed by atoms with E-state index in [0.29, 0.717) is 19.4 Å². The van der Waals surface area contributed by atoms with Crippen molar-refractivity contribution < 1.29 is 14.3 Å². The third-order valence-corrected chi connectivity index (χ3v) is 5.46. The van der Waals surface area contributed by atoms with Crippen LogP contribution in [0.15, 0.2) is 84.9 Å². The Balaban J connectivity index is 0.00000408. The second-order valence-electron chi connectivity index (χ2n) is 7.96. The zero-order chi connectivity index (χ0) is 23.5. The van der Waals surface area contributed by atoms with Gasteiger partial charge in [-0.3, -0.25) is 10.1 Å². The molecule has 3 aromatic rings. The van der Waals surface area contributed by atoms with E-state index in [0.717, 1.165) is 22.3 Å². The van der Waals surface area contributed by atoms with E-state index >= 15 is 0 Å². The zero-order valence-electron chi connectivity index (χ0n) is 19.3. The van der Waals surface area contributed by atoms with Gasteiger partial charge in [0.25, 0.3) is 0 Å². The number of nitrogens with one attached hydrogen (secondary N) is 2. The lowest BCUT2D eigenvalue weighted by Crippen LogP contribution is -2.43. The summed E-state index contributed by atoms with van der Waals surface area (Å²) in [6, 6.07) is 27.4. The SMILES string of the molecule is C[C@@H](N[C@H](CCCNC(=O)OCc1ccccc1)C(N)=O)c1ccc(-c2ccccc2)cc1.Cl. The van der Waals surface area contributed by atoms with Gasteiger partial charge in [0.05, 0.1) is 6.04 Å². The molecule has 2 amide bonds. The fourth-order valence-electron chi connectivity index (χ4n) is 3.57. The quantitative estimate of drug-likeness (QED) is 0.336. The van der Waals surface area contributed by atoms with Gasteiger partial charge in [-0.25, -0.2) is 4.79 Å². The van der Waals surface area contributed by atoms with Crippen molar-refractivity contribution in [2.75, 3.05) is 6.54 Å². The number of carbonyl (C=O) groups is 2. The summed E-state index contributed by atoms with van der Waals surface area (Å²) in [7, 11) is 0. The van der Waals surface area contributed by atoms with Crippen LogP contribution in [-0.2, 0) is 16.1 Å². The van der Waals surface area contributed by atoms with Gasteiger partial charge < -0.3 is 15.8 Å². The molecule has 0 unspecified atom stereocenters. The molecule has 6 nitrogen and oxygen atoms in total. The highest BCUT2D eigenvalue weighted by Gasteiger charge is 2.18. The molecule has 0 aliphatic carbocycles. The predicted molar refractivity (Wildman–Crippen MR) is 138 cm³/mol. The van der Waals surface area contributed by atoms with E-state index in [1.807, 2.05) is 55.5 Å². The molecular weight excluding hydrogens is 450 g/mol. The van der Waals surface area contributed by atoms with Crippen LogP contribution in [0.5, 0.6) is 0 Å². The average molecular weight is 482 g/mol. The number of hydrogen-bond donors (Lipinski definition) is 3. The van der Waals surface area contributed by atoms with E-state index in [4.69, 9.17) is 10.5 Å². The maximum atomic E-state index is 11.9. The fraction of sp³-hybridized carbons (Fsp3) is 0.259. The van der Waals surface area contributed by atoms with Gasteiger partial charge in [0.2, 0.25) is 5.91 Å². The van der Waals surface area contributed by atoms with Crippen LogP contribution in [0, 0.1) is 0 Å². The van der Waals surface area contributed by atoms with Crippen LogP contribution in [-0.4, -0.2) is 24.6 Å². The number of carbonyl (C=O) groups excluding carboxylic acids is 2. The number of benzene rings is 3. The minimum Gasteiger partial charge on any atom is -0.445 e. The maximum Gasteiger partial charge on any atom is 0.407 e. The Kier molecular flexibility index (Phi) is 11.1. The topological polar surface area (TPSA) is 93.4 Å². The predicted octanol–water partition coefficient (Wildman–Crippen LogP) is 4.99. The highest BCUT2D eigenvalue weighted by atomic mass is 35.5. The third-order valence-electron chi connectivity index (χ3n) is 5.46. The van der Waals surface area contributed by atoms with Crippen LogP contribution in [0.25, 0.3) is 11.1 Å². The Morgan fingerprint density at radius 2 is 1.47 bits per heavy atom. The van der Waals surface area contributed by atoms with Crippen LogP contribution < -0.4 is 16.4 Å². The molecule has 180 valence electrons. The minimum atomic E-state index is -0.490. The van der Waals surface area contributed by atoms with Gasteiger partial charge in [0.15, 0.2) is 0 Å². The summed E-state index contributed by atoms with van der Waals surface area (Å²) in [5.41, 5.74) is 9.91. The van der Waals surface area contributed by atoms with Gasteiger partial charge in [0, 0.05) is 12.6 Å². The highest BCUT2D eigenvalue weighted by Crippen LogP contribution is 2.22. The van der Waals surface area contributed by atoms with Crippen molar-refractivity contribution in [2.45, 2.75) is 38.5 Å². The minimum absolute atomic E-state index is 0. The van der Waals surface area contributed by atoms with Gasteiger partial charge in [-0.15, -0.1) is 12.4 Å². The number of ether oxygens (including phenoxy) is 1. The summed E-state index contributed by atoms with van der Waals surface area (Å²) >= 11 is 0. The van der Waals surface area contributed by atoms with Crippen LogP contribution in [0.2, 0.25) is 0 Å². The van der Waals surface area contributed by atoms with E-state index < -0.39 is 18.0 Å². The second kappa shape index (κ2) is 14.0. The Morgan fingerprint density at radius 1 is 0.882 bits per heavy atom. The molecular formula is C27H32ClN3O3. The first kappa shape index (κ1) is 26.9. The molecule has 34 heavy (non-hydrogen) atoms. The number of nitrogens with two attached hydrogens (primary N) is 1. The summed E-state index contributed by atoms with van der Waals surface area (Å²) in [6.07, 6.45) is 0.635. The Morgan fingerprint density at radius 3 is 2.09 bits per heavy atom. The number of alkyl carbamates (subject to hydrolysis) is 1. The van der Waals surface area contributed by atoms with Crippen LogP contribution in [0.4, 0.5) is 4.79 Å². The molecule has 7 heteroatoms. The van der Waals surface area contributed by atoms with E-state index in [1.165, 1.54) is 0 Å². The summed E-state index contributed by atoms with van der Waals surface area (Å²) < 4.78 is 5.19. The average Bonchev–Trinajstić information content (AvgIpc) is 2.85. The first-order chi connectivity index (χ1) is 16.0. The van der Waals surface area contributed by atoms with Gasteiger partial charge in [-0.1, -0.05) is 84.9 Å². The maximum absolute atomic E-state index is 11.9. The summed E-state index contributed by atoms with van der Waals surface area (Å²) in [5, 5.41) is 6.02. The largest absolute Gasteiger partial charge is 0.445 e. The molecule has 0 saturated carbocycles. The fourth-order valence-corrected chi connectivity index (χ4v) is 3.57. The lowest BCUT2D eigenvalue weighted by Gasteiger charge is -2.21. The van der Waals surface area contributed by atoms with Crippen LogP contribution in [0.1, 0.15) is 36.9 Å². The number of amides is 2. The molecule has 0 aliphatic rings. The summed E-state index contributed by atoms with van der Waals surface area (Å²) in [4.78, 5) is 23.8. The molecule has 2 atom stereocenters. The van der Waals surface area contributed by atoms with E-state index in [1.54, 1.807) is 0 Å². The molecule has 3 aromatic carbocycles. The van der Waals surface area contributed by atoms with Gasteiger partial charge in [0.1, 0.15) is 6.61 Å². The first-order valence-corrected chi connectivity index (χ1v) is 11.2.